The molecule has 3 heterocycles. The number of aromatic nitrogens is 2. The molecule has 0 amide bonds. The first-order valence-corrected chi connectivity index (χ1v) is 7.10. The number of anilines is 1. The zero-order valence-electron chi connectivity index (χ0n) is 11.0. The first-order valence-electron chi connectivity index (χ1n) is 6.72. The van der Waals surface area contributed by atoms with Crippen LogP contribution in [0.2, 0.25) is 5.15 Å². The van der Waals surface area contributed by atoms with E-state index in [0.717, 1.165) is 37.2 Å². The Hall–Kier alpha value is -0.910. The molecular formula is C13H18ClN3O2. The van der Waals surface area contributed by atoms with Gasteiger partial charge in [0.25, 0.3) is 0 Å². The van der Waals surface area contributed by atoms with Crippen molar-refractivity contribution in [2.75, 3.05) is 24.7 Å². The summed E-state index contributed by atoms with van der Waals surface area (Å²) in [6.45, 7) is 3.98. The van der Waals surface area contributed by atoms with Gasteiger partial charge in [0, 0.05) is 18.7 Å². The van der Waals surface area contributed by atoms with E-state index >= 15 is 0 Å². The summed E-state index contributed by atoms with van der Waals surface area (Å²) in [5.41, 5.74) is 2.18. The van der Waals surface area contributed by atoms with Crippen LogP contribution >= 0.6 is 11.6 Å². The smallest absolute Gasteiger partial charge is 0.155 e. The Morgan fingerprint density at radius 1 is 1.42 bits per heavy atom. The van der Waals surface area contributed by atoms with Gasteiger partial charge in [-0.15, -0.1) is 10.2 Å². The van der Waals surface area contributed by atoms with Crippen molar-refractivity contribution < 1.29 is 9.84 Å². The van der Waals surface area contributed by atoms with Crippen LogP contribution in [0.1, 0.15) is 24.0 Å². The van der Waals surface area contributed by atoms with Gasteiger partial charge in [-0.2, -0.15) is 0 Å². The number of ether oxygens (including phenoxy) is 1. The lowest BCUT2D eigenvalue weighted by molar-refractivity contribution is -0.0208. The zero-order chi connectivity index (χ0) is 13.4. The van der Waals surface area contributed by atoms with Crippen molar-refractivity contribution in [1.82, 2.24) is 10.2 Å². The molecule has 104 valence electrons. The maximum Gasteiger partial charge on any atom is 0.155 e. The number of aliphatic hydroxyl groups is 1. The van der Waals surface area contributed by atoms with E-state index in [1.165, 1.54) is 5.56 Å². The Bertz CT molecular complexity index is 483. The zero-order valence-corrected chi connectivity index (χ0v) is 11.7. The standard InChI is InChI=1S/C13H18ClN3O2/c1-8-9-3-2-5-17(13(9)16-15-12(8)14)10-4-6-19-7-11(10)18/h10-11,18H,2-7H2,1H3/t10-,11-/m1/s1. The van der Waals surface area contributed by atoms with Crippen LogP contribution in [0.25, 0.3) is 0 Å². The van der Waals surface area contributed by atoms with Crippen molar-refractivity contribution in [3.05, 3.63) is 16.3 Å². The Balaban J connectivity index is 1.96. The predicted molar refractivity (Wildman–Crippen MR) is 72.7 cm³/mol. The van der Waals surface area contributed by atoms with Crippen LogP contribution in [-0.2, 0) is 11.2 Å². The molecule has 1 aromatic heterocycles. The van der Waals surface area contributed by atoms with Crippen molar-refractivity contribution in [2.24, 2.45) is 0 Å². The van der Waals surface area contributed by atoms with Gasteiger partial charge in [0.1, 0.15) is 0 Å². The molecular weight excluding hydrogens is 266 g/mol. The number of hydrogen-bond acceptors (Lipinski definition) is 5. The normalized spacial score (nSPS) is 27.2. The van der Waals surface area contributed by atoms with Gasteiger partial charge in [0.05, 0.1) is 18.8 Å². The fourth-order valence-electron chi connectivity index (χ4n) is 2.98. The molecule has 5 nitrogen and oxygen atoms in total. The number of fused-ring (bicyclic) bond motifs is 1. The minimum absolute atomic E-state index is 0.0719. The van der Waals surface area contributed by atoms with E-state index in [-0.39, 0.29) is 6.04 Å². The van der Waals surface area contributed by atoms with Gasteiger partial charge in [0.15, 0.2) is 11.0 Å². The summed E-state index contributed by atoms with van der Waals surface area (Å²) in [6, 6.07) is 0.0719. The number of nitrogens with zero attached hydrogens (tertiary/aromatic N) is 3. The second-order valence-electron chi connectivity index (χ2n) is 5.21. The van der Waals surface area contributed by atoms with Gasteiger partial charge in [-0.1, -0.05) is 11.6 Å². The third-order valence-corrected chi connectivity index (χ3v) is 4.41. The molecule has 2 aliphatic rings. The molecule has 1 N–H and O–H groups in total. The average molecular weight is 284 g/mol. The largest absolute Gasteiger partial charge is 0.389 e. The van der Waals surface area contributed by atoms with E-state index < -0.39 is 6.10 Å². The summed E-state index contributed by atoms with van der Waals surface area (Å²) in [4.78, 5) is 2.18. The highest BCUT2D eigenvalue weighted by Gasteiger charge is 2.33. The maximum absolute atomic E-state index is 10.1. The molecule has 6 heteroatoms. The molecule has 0 saturated carbocycles. The summed E-state index contributed by atoms with van der Waals surface area (Å²) in [7, 11) is 0. The summed E-state index contributed by atoms with van der Waals surface area (Å²) >= 11 is 6.05. The molecule has 1 aromatic rings. The molecule has 0 aromatic carbocycles. The minimum atomic E-state index is -0.461. The van der Waals surface area contributed by atoms with Gasteiger partial charge in [0.2, 0.25) is 0 Å². The van der Waals surface area contributed by atoms with Crippen LogP contribution in [0, 0.1) is 6.92 Å². The quantitative estimate of drug-likeness (QED) is 0.843. The summed E-state index contributed by atoms with van der Waals surface area (Å²) in [6.07, 6.45) is 2.40. The van der Waals surface area contributed by atoms with E-state index in [0.29, 0.717) is 18.4 Å². The molecule has 0 unspecified atom stereocenters. The van der Waals surface area contributed by atoms with Crippen LogP contribution in [0.3, 0.4) is 0 Å². The van der Waals surface area contributed by atoms with Crippen LogP contribution in [0.15, 0.2) is 0 Å². The lowest BCUT2D eigenvalue weighted by atomic mass is 9.97. The fourth-order valence-corrected chi connectivity index (χ4v) is 3.13. The van der Waals surface area contributed by atoms with Crippen molar-refractivity contribution in [3.8, 4) is 0 Å². The highest BCUT2D eigenvalue weighted by atomic mass is 35.5. The highest BCUT2D eigenvalue weighted by Crippen LogP contribution is 2.33. The van der Waals surface area contributed by atoms with E-state index in [4.69, 9.17) is 16.3 Å². The fraction of sp³-hybridized carbons (Fsp3) is 0.692. The van der Waals surface area contributed by atoms with E-state index in [2.05, 4.69) is 15.1 Å². The molecule has 3 rings (SSSR count). The SMILES string of the molecule is Cc1c(Cl)nnc2c1CCCN2[C@@H]1CCOC[C@H]1O. The molecule has 0 spiro atoms. The first kappa shape index (κ1) is 13.1. The molecule has 0 radical (unpaired) electrons. The second kappa shape index (κ2) is 5.23. The lowest BCUT2D eigenvalue weighted by Crippen LogP contribution is -2.51. The van der Waals surface area contributed by atoms with Crippen LogP contribution in [0.4, 0.5) is 5.82 Å². The monoisotopic (exact) mass is 283 g/mol. The van der Waals surface area contributed by atoms with E-state index in [9.17, 15) is 5.11 Å². The van der Waals surface area contributed by atoms with Gasteiger partial charge in [-0.3, -0.25) is 0 Å². The third kappa shape index (κ3) is 2.30. The van der Waals surface area contributed by atoms with Crippen LogP contribution in [-0.4, -0.2) is 47.2 Å². The molecule has 0 bridgehead atoms. The van der Waals surface area contributed by atoms with Gasteiger partial charge in [-0.05, 0) is 31.7 Å². The first-order chi connectivity index (χ1) is 9.18. The predicted octanol–water partition coefficient (Wildman–Crippen LogP) is 1.34. The van der Waals surface area contributed by atoms with Crippen molar-refractivity contribution in [1.29, 1.82) is 0 Å². The van der Waals surface area contributed by atoms with E-state index in [1.54, 1.807) is 0 Å². The minimum Gasteiger partial charge on any atom is -0.389 e. The van der Waals surface area contributed by atoms with Crippen molar-refractivity contribution in [2.45, 2.75) is 38.3 Å². The average Bonchev–Trinajstić information content (AvgIpc) is 2.43. The Morgan fingerprint density at radius 2 is 2.26 bits per heavy atom. The maximum atomic E-state index is 10.1. The second-order valence-corrected chi connectivity index (χ2v) is 5.57. The molecule has 19 heavy (non-hydrogen) atoms. The number of rotatable bonds is 1. The summed E-state index contributed by atoms with van der Waals surface area (Å²) in [5.74, 6) is 0.888. The van der Waals surface area contributed by atoms with Crippen molar-refractivity contribution >= 4 is 17.4 Å². The topological polar surface area (TPSA) is 58.5 Å². The Labute approximate surface area is 117 Å². The van der Waals surface area contributed by atoms with E-state index in [1.807, 2.05) is 6.92 Å². The molecule has 2 aliphatic heterocycles. The number of hydrogen-bond donors (Lipinski definition) is 1. The van der Waals surface area contributed by atoms with Crippen LogP contribution in [0.5, 0.6) is 0 Å². The van der Waals surface area contributed by atoms with Gasteiger partial charge < -0.3 is 14.7 Å². The molecule has 2 atom stereocenters. The van der Waals surface area contributed by atoms with Gasteiger partial charge >= 0.3 is 0 Å². The summed E-state index contributed by atoms with van der Waals surface area (Å²) < 4.78 is 5.30. The number of halogens is 1. The van der Waals surface area contributed by atoms with Crippen LogP contribution < -0.4 is 4.90 Å². The Morgan fingerprint density at radius 3 is 3.05 bits per heavy atom. The number of aliphatic hydroxyl groups excluding tert-OH is 1. The lowest BCUT2D eigenvalue weighted by Gasteiger charge is -2.41. The molecule has 1 fully saturated rings. The van der Waals surface area contributed by atoms with Gasteiger partial charge in [-0.25, -0.2) is 0 Å². The highest BCUT2D eigenvalue weighted by molar-refractivity contribution is 6.30. The Kier molecular flexibility index (Phi) is 3.60. The summed E-state index contributed by atoms with van der Waals surface area (Å²) in [5, 5.41) is 18.9. The third-order valence-electron chi connectivity index (χ3n) is 4.05. The van der Waals surface area contributed by atoms with Crippen molar-refractivity contribution in [3.63, 3.8) is 0 Å². The molecule has 1 saturated heterocycles. The molecule has 0 aliphatic carbocycles.